The first kappa shape index (κ1) is 15.4. The predicted molar refractivity (Wildman–Crippen MR) is 99.4 cm³/mol. The van der Waals surface area contributed by atoms with Gasteiger partial charge in [0.2, 0.25) is 5.95 Å². The van der Waals surface area contributed by atoms with Crippen LogP contribution in [-0.2, 0) is 17.2 Å². The van der Waals surface area contributed by atoms with E-state index in [-0.39, 0.29) is 0 Å². The maximum absolute atomic E-state index is 12.2. The highest BCUT2D eigenvalue weighted by Crippen LogP contribution is 2.32. The van der Waals surface area contributed by atoms with Crippen LogP contribution in [0.1, 0.15) is 25.3 Å². The Morgan fingerprint density at radius 1 is 1.25 bits per heavy atom. The molecule has 0 spiro atoms. The van der Waals surface area contributed by atoms with Crippen LogP contribution in [0.5, 0.6) is 0 Å². The molecule has 4 rings (SSSR count). The minimum atomic E-state index is -0.933. The van der Waals surface area contributed by atoms with Crippen molar-refractivity contribution in [2.24, 2.45) is 0 Å². The third-order valence-electron chi connectivity index (χ3n) is 4.46. The average Bonchev–Trinajstić information content (AvgIpc) is 3.04. The second-order valence-corrected chi connectivity index (χ2v) is 7.74. The standard InChI is InChI=1S/C19H21N3OS/c1-2-12-24(23)15-9-10-16-17(13-15)21-19(20-16)22-11-5-7-14-6-3-4-8-18(14)22/h3-4,6,8-10,13H,2,5,7,11-12H2,1H3,(H,20,21). The van der Waals surface area contributed by atoms with Crippen molar-refractivity contribution in [1.82, 2.24) is 9.97 Å². The second-order valence-electron chi connectivity index (χ2n) is 6.17. The van der Waals surface area contributed by atoms with Gasteiger partial charge in [-0.1, -0.05) is 25.1 Å². The van der Waals surface area contributed by atoms with Crippen LogP contribution in [0.3, 0.4) is 0 Å². The predicted octanol–water partition coefficient (Wildman–Crippen LogP) is 4.16. The number of benzene rings is 2. The van der Waals surface area contributed by atoms with E-state index in [2.05, 4.69) is 41.1 Å². The zero-order valence-corrected chi connectivity index (χ0v) is 14.6. The van der Waals surface area contributed by atoms with Crippen molar-refractivity contribution in [3.63, 3.8) is 0 Å². The summed E-state index contributed by atoms with van der Waals surface area (Å²) in [6.45, 7) is 3.02. The molecule has 1 N–H and O–H groups in total. The SMILES string of the molecule is CCCS(=O)c1ccc2nc(N3CCCc4ccccc43)[nH]c2c1. The average molecular weight is 339 g/mol. The summed E-state index contributed by atoms with van der Waals surface area (Å²) in [5.41, 5.74) is 4.48. The monoisotopic (exact) mass is 339 g/mol. The molecule has 2 aromatic carbocycles. The number of H-pyrrole nitrogens is 1. The molecule has 0 saturated carbocycles. The Labute approximate surface area is 144 Å². The van der Waals surface area contributed by atoms with Crippen molar-refractivity contribution in [2.75, 3.05) is 17.2 Å². The van der Waals surface area contributed by atoms with E-state index in [9.17, 15) is 4.21 Å². The highest BCUT2D eigenvalue weighted by atomic mass is 32.2. The molecule has 0 radical (unpaired) electrons. The summed E-state index contributed by atoms with van der Waals surface area (Å²) in [6, 6.07) is 14.4. The molecule has 4 nitrogen and oxygen atoms in total. The third kappa shape index (κ3) is 2.73. The zero-order chi connectivity index (χ0) is 16.5. The van der Waals surface area contributed by atoms with Crippen LogP contribution in [0.4, 0.5) is 11.6 Å². The number of imidazole rings is 1. The van der Waals surface area contributed by atoms with E-state index in [1.54, 1.807) is 0 Å². The summed E-state index contributed by atoms with van der Waals surface area (Å²) in [5.74, 6) is 1.57. The summed E-state index contributed by atoms with van der Waals surface area (Å²) >= 11 is 0. The molecule has 1 atom stereocenters. The number of hydrogen-bond acceptors (Lipinski definition) is 3. The molecule has 1 aromatic heterocycles. The van der Waals surface area contributed by atoms with Gasteiger partial charge in [0.25, 0.3) is 0 Å². The molecule has 1 aliphatic heterocycles. The Kier molecular flexibility index (Phi) is 4.10. The van der Waals surface area contributed by atoms with Gasteiger partial charge in [-0.05, 0) is 49.1 Å². The van der Waals surface area contributed by atoms with Crippen molar-refractivity contribution < 1.29 is 4.21 Å². The zero-order valence-electron chi connectivity index (χ0n) is 13.8. The molecule has 0 bridgehead atoms. The molecule has 0 fully saturated rings. The number of nitrogens with one attached hydrogen (secondary N) is 1. The van der Waals surface area contributed by atoms with E-state index < -0.39 is 10.8 Å². The van der Waals surface area contributed by atoms with Crippen LogP contribution in [0.2, 0.25) is 0 Å². The second kappa shape index (κ2) is 6.40. The van der Waals surface area contributed by atoms with Crippen molar-refractivity contribution in [2.45, 2.75) is 31.1 Å². The fraction of sp³-hybridized carbons (Fsp3) is 0.316. The summed E-state index contributed by atoms with van der Waals surface area (Å²) in [4.78, 5) is 11.3. The van der Waals surface area contributed by atoms with E-state index in [0.29, 0.717) is 5.75 Å². The molecular formula is C19H21N3OS. The number of rotatable bonds is 4. The maximum atomic E-state index is 12.2. The van der Waals surface area contributed by atoms with Gasteiger partial charge < -0.3 is 9.88 Å². The number of anilines is 2. The van der Waals surface area contributed by atoms with Gasteiger partial charge in [0.15, 0.2) is 0 Å². The molecule has 0 aliphatic carbocycles. The summed E-state index contributed by atoms with van der Waals surface area (Å²) in [7, 11) is -0.933. The molecule has 3 aromatic rings. The van der Waals surface area contributed by atoms with Crippen molar-refractivity contribution in [1.29, 1.82) is 0 Å². The molecule has 0 amide bonds. The quantitative estimate of drug-likeness (QED) is 0.776. The number of fused-ring (bicyclic) bond motifs is 2. The Bertz CT molecular complexity index is 903. The topological polar surface area (TPSA) is 49.0 Å². The normalized spacial score (nSPS) is 15.5. The lowest BCUT2D eigenvalue weighted by Crippen LogP contribution is -2.25. The molecule has 5 heteroatoms. The molecule has 2 heterocycles. The van der Waals surface area contributed by atoms with Gasteiger partial charge in [0.05, 0.1) is 21.8 Å². The fourth-order valence-electron chi connectivity index (χ4n) is 3.30. The lowest BCUT2D eigenvalue weighted by molar-refractivity contribution is 0.682. The fourth-order valence-corrected chi connectivity index (χ4v) is 4.38. The Balaban J connectivity index is 1.72. The van der Waals surface area contributed by atoms with Crippen LogP contribution in [-0.4, -0.2) is 26.5 Å². The smallest absolute Gasteiger partial charge is 0.208 e. The molecule has 0 saturated heterocycles. The number of para-hydroxylation sites is 1. The molecule has 1 aliphatic rings. The van der Waals surface area contributed by atoms with Gasteiger partial charge in [-0.2, -0.15) is 0 Å². The van der Waals surface area contributed by atoms with Gasteiger partial charge in [-0.15, -0.1) is 0 Å². The van der Waals surface area contributed by atoms with Crippen LogP contribution in [0.15, 0.2) is 47.4 Å². The minimum absolute atomic E-state index is 0.700. The van der Waals surface area contributed by atoms with Crippen LogP contribution in [0.25, 0.3) is 11.0 Å². The van der Waals surface area contributed by atoms with Gasteiger partial charge >= 0.3 is 0 Å². The van der Waals surface area contributed by atoms with Gasteiger partial charge in [0, 0.05) is 22.9 Å². The number of aromatic amines is 1. The maximum Gasteiger partial charge on any atom is 0.208 e. The molecule has 24 heavy (non-hydrogen) atoms. The highest BCUT2D eigenvalue weighted by Gasteiger charge is 2.20. The van der Waals surface area contributed by atoms with E-state index in [1.165, 1.54) is 11.3 Å². The van der Waals surface area contributed by atoms with Crippen molar-refractivity contribution in [3.8, 4) is 0 Å². The first-order valence-electron chi connectivity index (χ1n) is 8.50. The van der Waals surface area contributed by atoms with Crippen LogP contribution in [0, 0.1) is 0 Å². The van der Waals surface area contributed by atoms with E-state index in [1.807, 2.05) is 18.2 Å². The number of aromatic nitrogens is 2. The lowest BCUT2D eigenvalue weighted by atomic mass is 10.0. The van der Waals surface area contributed by atoms with Crippen molar-refractivity contribution >= 4 is 33.5 Å². The van der Waals surface area contributed by atoms with E-state index >= 15 is 0 Å². The molecule has 124 valence electrons. The molecule has 1 unspecified atom stereocenters. The lowest BCUT2D eigenvalue weighted by Gasteiger charge is -2.28. The van der Waals surface area contributed by atoms with Crippen LogP contribution >= 0.6 is 0 Å². The largest absolute Gasteiger partial charge is 0.324 e. The first-order chi connectivity index (χ1) is 11.8. The summed E-state index contributed by atoms with van der Waals surface area (Å²) < 4.78 is 12.2. The highest BCUT2D eigenvalue weighted by molar-refractivity contribution is 7.85. The summed E-state index contributed by atoms with van der Waals surface area (Å²) in [5, 5.41) is 0. The number of nitrogens with zero attached hydrogens (tertiary/aromatic N) is 2. The van der Waals surface area contributed by atoms with Crippen molar-refractivity contribution in [3.05, 3.63) is 48.0 Å². The minimum Gasteiger partial charge on any atom is -0.324 e. The number of aryl methyl sites for hydroxylation is 1. The van der Waals surface area contributed by atoms with Gasteiger partial charge in [-0.3, -0.25) is 4.21 Å². The van der Waals surface area contributed by atoms with E-state index in [0.717, 1.165) is 47.7 Å². The van der Waals surface area contributed by atoms with Gasteiger partial charge in [0.1, 0.15) is 0 Å². The third-order valence-corrected chi connectivity index (χ3v) is 6.02. The summed E-state index contributed by atoms with van der Waals surface area (Å²) in [6.07, 6.45) is 3.16. The van der Waals surface area contributed by atoms with E-state index in [4.69, 9.17) is 4.98 Å². The number of hydrogen-bond donors (Lipinski definition) is 1. The first-order valence-corrected chi connectivity index (χ1v) is 9.82. The Morgan fingerprint density at radius 2 is 2.12 bits per heavy atom. The van der Waals surface area contributed by atoms with Crippen LogP contribution < -0.4 is 4.90 Å². The van der Waals surface area contributed by atoms with Gasteiger partial charge in [-0.25, -0.2) is 4.98 Å². The Morgan fingerprint density at radius 3 is 3.00 bits per heavy atom. The Hall–Kier alpha value is -2.14. The molecular weight excluding hydrogens is 318 g/mol.